The molecule has 0 radical (unpaired) electrons. The maximum absolute atomic E-state index is 12.4. The molecule has 3 rings (SSSR count). The average molecular weight is 275 g/mol. The van der Waals surface area contributed by atoms with E-state index in [2.05, 4.69) is 15.1 Å². The number of H-pyrrole nitrogens is 1. The van der Waals surface area contributed by atoms with Gasteiger partial charge in [-0.05, 0) is 19.1 Å². The third-order valence-electron chi connectivity index (χ3n) is 3.14. The van der Waals surface area contributed by atoms with E-state index in [1.807, 2.05) is 13.0 Å². The second kappa shape index (κ2) is 4.20. The number of aromatic nitrogens is 3. The zero-order valence-corrected chi connectivity index (χ0v) is 10.9. The van der Waals surface area contributed by atoms with Gasteiger partial charge in [-0.25, -0.2) is 9.67 Å². The van der Waals surface area contributed by atoms with Gasteiger partial charge in [-0.3, -0.25) is 14.9 Å². The highest BCUT2D eigenvalue weighted by atomic mass is 35.5. The number of hydrogen-bond acceptors (Lipinski definition) is 3. The Morgan fingerprint density at radius 3 is 2.89 bits per heavy atom. The second-order valence-corrected chi connectivity index (χ2v) is 4.98. The van der Waals surface area contributed by atoms with Crippen LogP contribution in [0, 0.1) is 0 Å². The molecule has 3 heterocycles. The first-order valence-corrected chi connectivity index (χ1v) is 6.13. The van der Waals surface area contributed by atoms with Gasteiger partial charge in [0.05, 0.1) is 16.0 Å². The SMILES string of the molecule is CC1(c2c[nH]n(-c3ccc(Cl)cn3)c2=O)C=CN=C1. The molecule has 0 aromatic carbocycles. The molecule has 0 spiro atoms. The van der Waals surface area contributed by atoms with E-state index in [1.54, 1.807) is 30.7 Å². The summed E-state index contributed by atoms with van der Waals surface area (Å²) in [6, 6.07) is 3.38. The summed E-state index contributed by atoms with van der Waals surface area (Å²) in [6.07, 6.45) is 8.51. The van der Waals surface area contributed by atoms with Crippen LogP contribution in [0.15, 0.2) is 46.6 Å². The van der Waals surface area contributed by atoms with Crippen molar-refractivity contribution < 1.29 is 0 Å². The minimum absolute atomic E-state index is 0.143. The fourth-order valence-electron chi connectivity index (χ4n) is 2.02. The zero-order valence-electron chi connectivity index (χ0n) is 10.2. The molecule has 1 N–H and O–H groups in total. The predicted molar refractivity (Wildman–Crippen MR) is 74.2 cm³/mol. The number of nitrogens with one attached hydrogen (secondary N) is 1. The van der Waals surface area contributed by atoms with Crippen molar-refractivity contribution in [2.45, 2.75) is 12.3 Å². The van der Waals surface area contributed by atoms with Crippen molar-refractivity contribution in [3.05, 3.63) is 57.7 Å². The Labute approximate surface area is 114 Å². The summed E-state index contributed by atoms with van der Waals surface area (Å²) in [6.45, 7) is 1.93. The molecule has 19 heavy (non-hydrogen) atoms. The molecule has 0 bridgehead atoms. The van der Waals surface area contributed by atoms with Crippen LogP contribution < -0.4 is 5.56 Å². The van der Waals surface area contributed by atoms with Crippen LogP contribution in [0.5, 0.6) is 0 Å². The molecule has 2 aromatic heterocycles. The molecule has 0 saturated heterocycles. The molecule has 5 nitrogen and oxygen atoms in total. The number of pyridine rings is 1. The average Bonchev–Trinajstić information content (AvgIpc) is 2.98. The molecule has 0 aliphatic carbocycles. The van der Waals surface area contributed by atoms with E-state index < -0.39 is 5.41 Å². The Morgan fingerprint density at radius 2 is 2.26 bits per heavy atom. The van der Waals surface area contributed by atoms with Crippen LogP contribution in [0.4, 0.5) is 0 Å². The molecule has 0 amide bonds. The highest BCUT2D eigenvalue weighted by molar-refractivity contribution is 6.30. The normalized spacial score (nSPS) is 21.2. The molecule has 2 aromatic rings. The fraction of sp³-hybridized carbons (Fsp3) is 0.154. The van der Waals surface area contributed by atoms with E-state index in [9.17, 15) is 4.79 Å². The van der Waals surface area contributed by atoms with Gasteiger partial charge >= 0.3 is 0 Å². The summed E-state index contributed by atoms with van der Waals surface area (Å²) < 4.78 is 1.39. The van der Waals surface area contributed by atoms with E-state index in [1.165, 1.54) is 10.9 Å². The number of nitrogens with zero attached hydrogens (tertiary/aromatic N) is 3. The lowest BCUT2D eigenvalue weighted by molar-refractivity contribution is 0.796. The molecule has 1 aliphatic rings. The Balaban J connectivity index is 2.09. The standard InChI is InChI=1S/C13H11ClN4O/c1-13(4-5-15-8-13)10-7-17-18(12(10)19)11-3-2-9(14)6-16-11/h2-8,17H,1H3. The van der Waals surface area contributed by atoms with Crippen molar-refractivity contribution in [3.63, 3.8) is 0 Å². The lowest BCUT2D eigenvalue weighted by atomic mass is 9.87. The van der Waals surface area contributed by atoms with Gasteiger partial charge in [0.2, 0.25) is 0 Å². The minimum Gasteiger partial charge on any atom is -0.296 e. The van der Waals surface area contributed by atoms with Crippen molar-refractivity contribution in [2.75, 3.05) is 0 Å². The van der Waals surface area contributed by atoms with E-state index in [4.69, 9.17) is 11.6 Å². The number of aliphatic imine (C=N–C) groups is 1. The van der Waals surface area contributed by atoms with Gasteiger partial charge in [0, 0.05) is 24.8 Å². The van der Waals surface area contributed by atoms with Gasteiger partial charge in [-0.1, -0.05) is 17.7 Å². The minimum atomic E-state index is -0.467. The van der Waals surface area contributed by atoms with Crippen molar-refractivity contribution in [2.24, 2.45) is 4.99 Å². The molecule has 1 unspecified atom stereocenters. The summed E-state index contributed by atoms with van der Waals surface area (Å²) >= 11 is 5.78. The third-order valence-corrected chi connectivity index (χ3v) is 3.37. The number of halogens is 1. The summed E-state index contributed by atoms with van der Waals surface area (Å²) in [4.78, 5) is 20.6. The summed E-state index contributed by atoms with van der Waals surface area (Å²) in [7, 11) is 0. The highest BCUT2D eigenvalue weighted by Gasteiger charge is 2.29. The largest absolute Gasteiger partial charge is 0.296 e. The topological polar surface area (TPSA) is 63.0 Å². The molecular weight excluding hydrogens is 264 g/mol. The summed E-state index contributed by atoms with van der Waals surface area (Å²) in [5, 5.41) is 3.44. The number of allylic oxidation sites excluding steroid dienone is 1. The van der Waals surface area contributed by atoms with Crippen LogP contribution in [0.3, 0.4) is 0 Å². The van der Waals surface area contributed by atoms with Gasteiger partial charge in [-0.15, -0.1) is 0 Å². The van der Waals surface area contributed by atoms with Gasteiger partial charge in [0.25, 0.3) is 5.56 Å². The van der Waals surface area contributed by atoms with Gasteiger partial charge in [0.1, 0.15) is 0 Å². The first-order valence-electron chi connectivity index (χ1n) is 5.75. The maximum atomic E-state index is 12.4. The number of rotatable bonds is 2. The fourth-order valence-corrected chi connectivity index (χ4v) is 2.14. The van der Waals surface area contributed by atoms with E-state index >= 15 is 0 Å². The molecular formula is C13H11ClN4O. The molecule has 0 saturated carbocycles. The lowest BCUT2D eigenvalue weighted by Gasteiger charge is -2.13. The Bertz CT molecular complexity index is 712. The first kappa shape index (κ1) is 11.9. The maximum Gasteiger partial charge on any atom is 0.277 e. The second-order valence-electron chi connectivity index (χ2n) is 4.54. The van der Waals surface area contributed by atoms with Gasteiger partial charge < -0.3 is 0 Å². The van der Waals surface area contributed by atoms with Crippen LogP contribution in [-0.2, 0) is 5.41 Å². The van der Waals surface area contributed by atoms with Crippen molar-refractivity contribution in [1.29, 1.82) is 0 Å². The summed E-state index contributed by atoms with van der Waals surface area (Å²) in [5.74, 6) is 0.503. The van der Waals surface area contributed by atoms with Gasteiger partial charge in [-0.2, -0.15) is 0 Å². The van der Waals surface area contributed by atoms with Crippen LogP contribution in [0.1, 0.15) is 12.5 Å². The Hall–Kier alpha value is -2.14. The smallest absolute Gasteiger partial charge is 0.277 e. The Kier molecular flexibility index (Phi) is 2.64. The van der Waals surface area contributed by atoms with E-state index in [0.717, 1.165) is 0 Å². The van der Waals surface area contributed by atoms with Crippen LogP contribution in [0.25, 0.3) is 5.82 Å². The molecule has 1 aliphatic heterocycles. The van der Waals surface area contributed by atoms with Crippen molar-refractivity contribution in [3.8, 4) is 5.82 Å². The third kappa shape index (κ3) is 1.92. The number of aromatic amines is 1. The first-order chi connectivity index (χ1) is 9.10. The monoisotopic (exact) mass is 274 g/mol. The van der Waals surface area contributed by atoms with Crippen LogP contribution in [-0.4, -0.2) is 21.0 Å². The van der Waals surface area contributed by atoms with Crippen LogP contribution in [0.2, 0.25) is 5.02 Å². The molecule has 0 fully saturated rings. The van der Waals surface area contributed by atoms with Crippen molar-refractivity contribution in [1.82, 2.24) is 14.8 Å². The zero-order chi connectivity index (χ0) is 13.5. The molecule has 1 atom stereocenters. The van der Waals surface area contributed by atoms with E-state index in [-0.39, 0.29) is 5.56 Å². The van der Waals surface area contributed by atoms with Crippen LogP contribution >= 0.6 is 11.6 Å². The number of hydrogen-bond donors (Lipinski definition) is 1. The van der Waals surface area contributed by atoms with Crippen molar-refractivity contribution >= 4 is 17.8 Å². The molecule has 96 valence electrons. The lowest BCUT2D eigenvalue weighted by Crippen LogP contribution is -2.28. The van der Waals surface area contributed by atoms with Gasteiger partial charge in [0.15, 0.2) is 5.82 Å². The highest BCUT2D eigenvalue weighted by Crippen LogP contribution is 2.24. The summed E-state index contributed by atoms with van der Waals surface area (Å²) in [5.41, 5.74) is 0.0164. The molecule has 6 heteroatoms. The Morgan fingerprint density at radius 1 is 1.42 bits per heavy atom. The predicted octanol–water partition coefficient (Wildman–Crippen LogP) is 2.07. The van der Waals surface area contributed by atoms with E-state index in [0.29, 0.717) is 16.4 Å². The quantitative estimate of drug-likeness (QED) is 0.911.